The first kappa shape index (κ1) is 14.6. The van der Waals surface area contributed by atoms with Crippen LogP contribution >= 0.6 is 0 Å². The fourth-order valence-corrected chi connectivity index (χ4v) is 2.72. The lowest BCUT2D eigenvalue weighted by atomic mass is 10.2. The molecule has 0 aliphatic carbocycles. The number of anilines is 2. The van der Waals surface area contributed by atoms with Gasteiger partial charge in [0.1, 0.15) is 5.75 Å². The van der Waals surface area contributed by atoms with Crippen LogP contribution < -0.4 is 15.2 Å². The largest absolute Gasteiger partial charge is 0.492 e. The van der Waals surface area contributed by atoms with Crippen molar-refractivity contribution in [1.29, 1.82) is 0 Å². The predicted molar refractivity (Wildman–Crippen MR) is 74.3 cm³/mol. The number of sulfonamides is 1. The van der Waals surface area contributed by atoms with Crippen LogP contribution in [0.15, 0.2) is 18.2 Å². The Morgan fingerprint density at radius 2 is 2.06 bits per heavy atom. The molecule has 0 heterocycles. The summed E-state index contributed by atoms with van der Waals surface area (Å²) in [5.41, 5.74) is 6.66. The van der Waals surface area contributed by atoms with Gasteiger partial charge in [-0.05, 0) is 31.5 Å². The second-order valence-corrected chi connectivity index (χ2v) is 5.80. The van der Waals surface area contributed by atoms with Gasteiger partial charge >= 0.3 is 0 Å². The number of rotatable bonds is 7. The Morgan fingerprint density at radius 3 is 2.61 bits per heavy atom. The molecule has 1 aromatic carbocycles. The summed E-state index contributed by atoms with van der Waals surface area (Å²) < 4.78 is 31.2. The van der Waals surface area contributed by atoms with Crippen LogP contribution in [-0.2, 0) is 10.0 Å². The van der Waals surface area contributed by atoms with E-state index in [4.69, 9.17) is 10.5 Å². The summed E-state index contributed by atoms with van der Waals surface area (Å²) in [6.45, 7) is 4.33. The van der Waals surface area contributed by atoms with Crippen molar-refractivity contribution >= 4 is 21.4 Å². The average Bonchev–Trinajstić information content (AvgIpc) is 2.30. The van der Waals surface area contributed by atoms with E-state index >= 15 is 0 Å². The van der Waals surface area contributed by atoms with E-state index in [1.54, 1.807) is 18.2 Å². The van der Waals surface area contributed by atoms with E-state index in [9.17, 15) is 8.42 Å². The molecule has 0 aromatic heterocycles. The van der Waals surface area contributed by atoms with Gasteiger partial charge in [0, 0.05) is 0 Å². The van der Waals surface area contributed by atoms with E-state index in [1.807, 2.05) is 13.8 Å². The minimum atomic E-state index is -3.29. The molecule has 3 N–H and O–H groups in total. The van der Waals surface area contributed by atoms with Crippen LogP contribution in [-0.4, -0.2) is 20.8 Å². The molecule has 1 aromatic rings. The number of ether oxygens (including phenoxy) is 1. The van der Waals surface area contributed by atoms with E-state index in [-0.39, 0.29) is 5.75 Å². The Hall–Kier alpha value is -1.43. The lowest BCUT2D eigenvalue weighted by molar-refractivity contribution is 0.342. The van der Waals surface area contributed by atoms with Gasteiger partial charge in [-0.1, -0.05) is 13.3 Å². The lowest BCUT2D eigenvalue weighted by Gasteiger charge is -2.11. The maximum Gasteiger partial charge on any atom is 0.232 e. The molecule has 0 fully saturated rings. The molecule has 6 heteroatoms. The summed E-state index contributed by atoms with van der Waals surface area (Å²) in [7, 11) is -3.29. The molecule has 0 saturated carbocycles. The fourth-order valence-electron chi connectivity index (χ4n) is 1.46. The van der Waals surface area contributed by atoms with Gasteiger partial charge in [0.05, 0.1) is 23.7 Å². The third kappa shape index (κ3) is 4.44. The van der Waals surface area contributed by atoms with E-state index in [0.717, 1.165) is 6.42 Å². The van der Waals surface area contributed by atoms with Crippen molar-refractivity contribution in [3.8, 4) is 5.75 Å². The number of unbranched alkanes of at least 4 members (excludes halogenated alkanes) is 1. The van der Waals surface area contributed by atoms with Crippen molar-refractivity contribution < 1.29 is 13.2 Å². The lowest BCUT2D eigenvalue weighted by Crippen LogP contribution is -2.16. The number of nitrogens with two attached hydrogens (primary N) is 1. The maximum absolute atomic E-state index is 11.7. The molecule has 102 valence electrons. The second kappa shape index (κ2) is 6.49. The normalized spacial score (nSPS) is 11.2. The van der Waals surface area contributed by atoms with Gasteiger partial charge in [-0.15, -0.1) is 0 Å². The van der Waals surface area contributed by atoms with Crippen molar-refractivity contribution in [2.75, 3.05) is 22.8 Å². The minimum Gasteiger partial charge on any atom is -0.492 e. The van der Waals surface area contributed by atoms with Crippen molar-refractivity contribution in [2.24, 2.45) is 0 Å². The number of hydrogen-bond donors (Lipinski definition) is 2. The molecule has 0 aliphatic heterocycles. The van der Waals surface area contributed by atoms with E-state index in [1.165, 1.54) is 0 Å². The first-order valence-corrected chi connectivity index (χ1v) is 7.66. The third-order valence-electron chi connectivity index (χ3n) is 2.35. The van der Waals surface area contributed by atoms with Gasteiger partial charge in [-0.3, -0.25) is 4.72 Å². The molecule has 0 unspecified atom stereocenters. The number of nitrogens with one attached hydrogen (secondary N) is 1. The molecule has 0 saturated heterocycles. The van der Waals surface area contributed by atoms with E-state index in [2.05, 4.69) is 4.72 Å². The van der Waals surface area contributed by atoms with Crippen molar-refractivity contribution in [3.05, 3.63) is 18.2 Å². The highest BCUT2D eigenvalue weighted by Crippen LogP contribution is 2.25. The van der Waals surface area contributed by atoms with E-state index < -0.39 is 10.0 Å². The molecule has 0 atom stereocenters. The van der Waals surface area contributed by atoms with E-state index in [0.29, 0.717) is 30.2 Å². The van der Waals surface area contributed by atoms with Gasteiger partial charge in [-0.2, -0.15) is 0 Å². The Labute approximate surface area is 108 Å². The fraction of sp³-hybridized carbons (Fsp3) is 0.500. The minimum absolute atomic E-state index is 0.122. The zero-order valence-electron chi connectivity index (χ0n) is 10.8. The summed E-state index contributed by atoms with van der Waals surface area (Å²) in [6, 6.07) is 4.87. The molecule has 0 radical (unpaired) electrons. The topological polar surface area (TPSA) is 81.4 Å². The predicted octanol–water partition coefficient (Wildman–Crippen LogP) is 2.21. The summed E-state index contributed by atoms with van der Waals surface area (Å²) >= 11 is 0. The zero-order valence-corrected chi connectivity index (χ0v) is 11.6. The third-order valence-corrected chi connectivity index (χ3v) is 3.72. The van der Waals surface area contributed by atoms with Crippen molar-refractivity contribution in [3.63, 3.8) is 0 Å². The number of hydrogen-bond acceptors (Lipinski definition) is 4. The van der Waals surface area contributed by atoms with Crippen LogP contribution in [0.1, 0.15) is 26.7 Å². The Kier molecular flexibility index (Phi) is 5.27. The molecule has 0 spiro atoms. The highest BCUT2D eigenvalue weighted by molar-refractivity contribution is 7.92. The first-order chi connectivity index (χ1) is 8.48. The van der Waals surface area contributed by atoms with Crippen LogP contribution in [0.4, 0.5) is 11.4 Å². The molecule has 5 nitrogen and oxygen atoms in total. The van der Waals surface area contributed by atoms with Gasteiger partial charge in [0.25, 0.3) is 0 Å². The SMILES string of the molecule is CCCCS(=O)(=O)Nc1ccc(OCC)c(N)c1. The number of nitrogen functional groups attached to an aromatic ring is 1. The van der Waals surface area contributed by atoms with Crippen LogP contribution in [0.25, 0.3) is 0 Å². The second-order valence-electron chi connectivity index (χ2n) is 3.96. The molecule has 0 amide bonds. The summed E-state index contributed by atoms with van der Waals surface area (Å²) in [6.07, 6.45) is 1.48. The number of benzene rings is 1. The average molecular weight is 272 g/mol. The van der Waals surface area contributed by atoms with Gasteiger partial charge in [0.15, 0.2) is 0 Å². The Morgan fingerprint density at radius 1 is 1.33 bits per heavy atom. The molecule has 0 bridgehead atoms. The first-order valence-electron chi connectivity index (χ1n) is 6.01. The van der Waals surface area contributed by atoms with Crippen molar-refractivity contribution in [1.82, 2.24) is 0 Å². The van der Waals surface area contributed by atoms with Gasteiger partial charge in [-0.25, -0.2) is 8.42 Å². The van der Waals surface area contributed by atoms with Gasteiger partial charge < -0.3 is 10.5 Å². The smallest absolute Gasteiger partial charge is 0.232 e. The van der Waals surface area contributed by atoms with Gasteiger partial charge in [0.2, 0.25) is 10.0 Å². The molecule has 1 rings (SSSR count). The van der Waals surface area contributed by atoms with Crippen LogP contribution in [0.2, 0.25) is 0 Å². The maximum atomic E-state index is 11.7. The monoisotopic (exact) mass is 272 g/mol. The summed E-state index contributed by atoms with van der Waals surface area (Å²) in [4.78, 5) is 0. The Balaban J connectivity index is 2.77. The standard InChI is InChI=1S/C12H20N2O3S/c1-3-5-8-18(15,16)14-10-6-7-12(17-4-2)11(13)9-10/h6-7,9,14H,3-5,8,13H2,1-2H3. The highest BCUT2D eigenvalue weighted by Gasteiger charge is 2.10. The summed E-state index contributed by atoms with van der Waals surface area (Å²) in [5, 5.41) is 0. The summed E-state index contributed by atoms with van der Waals surface area (Å²) in [5.74, 6) is 0.686. The van der Waals surface area contributed by atoms with Crippen molar-refractivity contribution in [2.45, 2.75) is 26.7 Å². The molecule has 18 heavy (non-hydrogen) atoms. The molecule has 0 aliphatic rings. The zero-order chi connectivity index (χ0) is 13.6. The van der Waals surface area contributed by atoms with Crippen LogP contribution in [0, 0.1) is 0 Å². The van der Waals surface area contributed by atoms with Crippen LogP contribution in [0.3, 0.4) is 0 Å². The molecular weight excluding hydrogens is 252 g/mol. The quantitative estimate of drug-likeness (QED) is 0.746. The Bertz CT molecular complexity index is 486. The van der Waals surface area contributed by atoms with Crippen LogP contribution in [0.5, 0.6) is 5.75 Å². The highest BCUT2D eigenvalue weighted by atomic mass is 32.2. The molecular formula is C12H20N2O3S.